The third kappa shape index (κ3) is 5.69. The summed E-state index contributed by atoms with van der Waals surface area (Å²) in [6, 6.07) is 32.0. The first-order valence-electron chi connectivity index (χ1n) is 13.9. The van der Waals surface area contributed by atoms with Crippen LogP contribution in [-0.4, -0.2) is 38.2 Å². The molecule has 0 bridgehead atoms. The van der Waals surface area contributed by atoms with Gasteiger partial charge in [0.1, 0.15) is 12.4 Å². The van der Waals surface area contributed by atoms with Crippen LogP contribution in [0.4, 0.5) is 0 Å². The molecule has 0 radical (unpaired) electrons. The van der Waals surface area contributed by atoms with Gasteiger partial charge in [-0.3, -0.25) is 4.79 Å². The molecule has 0 N–H and O–H groups in total. The Balaban J connectivity index is 1.53. The highest BCUT2D eigenvalue weighted by Crippen LogP contribution is 2.40. The lowest BCUT2D eigenvalue weighted by atomic mass is 9.86. The number of carbonyl (C=O) groups excluding carboxylic acids is 1. The van der Waals surface area contributed by atoms with Crippen LogP contribution in [0.1, 0.15) is 59.5 Å². The summed E-state index contributed by atoms with van der Waals surface area (Å²) in [6.07, 6.45) is 0.720. The van der Waals surface area contributed by atoms with Crippen molar-refractivity contribution >= 4 is 5.91 Å². The Labute approximate surface area is 237 Å². The van der Waals surface area contributed by atoms with Crippen LogP contribution in [0.3, 0.4) is 0 Å². The van der Waals surface area contributed by atoms with Crippen molar-refractivity contribution in [3.8, 4) is 17.2 Å². The fraction of sp³-hybridized carbons (Fsp3) is 0.286. The quantitative estimate of drug-likeness (QED) is 0.228. The molecule has 1 heterocycles. The summed E-state index contributed by atoms with van der Waals surface area (Å²) < 4.78 is 17.6. The number of benzene rings is 4. The van der Waals surface area contributed by atoms with Gasteiger partial charge in [-0.15, -0.1) is 0 Å². The Morgan fingerprint density at radius 3 is 1.93 bits per heavy atom. The van der Waals surface area contributed by atoms with Gasteiger partial charge in [0.05, 0.1) is 26.2 Å². The zero-order chi connectivity index (χ0) is 28.1. The molecule has 1 unspecified atom stereocenters. The van der Waals surface area contributed by atoms with Crippen LogP contribution >= 0.6 is 0 Å². The lowest BCUT2D eigenvalue weighted by molar-refractivity contribution is -0.135. The van der Waals surface area contributed by atoms with E-state index in [1.54, 1.807) is 14.2 Å². The van der Waals surface area contributed by atoms with Crippen molar-refractivity contribution in [1.82, 2.24) is 4.90 Å². The van der Waals surface area contributed by atoms with E-state index in [-0.39, 0.29) is 11.9 Å². The van der Waals surface area contributed by atoms with E-state index in [1.807, 2.05) is 89.8 Å². The number of nitrogens with zero attached hydrogens (tertiary/aromatic N) is 1. The monoisotopic (exact) mass is 535 g/mol. The van der Waals surface area contributed by atoms with E-state index in [4.69, 9.17) is 14.2 Å². The van der Waals surface area contributed by atoms with Crippen LogP contribution < -0.4 is 14.2 Å². The number of ether oxygens (including phenoxy) is 3. The number of hydrogen-bond acceptors (Lipinski definition) is 4. The average molecular weight is 536 g/mol. The molecule has 5 rings (SSSR count). The van der Waals surface area contributed by atoms with Gasteiger partial charge >= 0.3 is 0 Å². The molecule has 5 nitrogen and oxygen atoms in total. The minimum atomic E-state index is -0.420. The summed E-state index contributed by atoms with van der Waals surface area (Å²) in [5.41, 5.74) is 5.37. The second kappa shape index (κ2) is 12.3. The summed E-state index contributed by atoms with van der Waals surface area (Å²) in [7, 11) is 3.28. The summed E-state index contributed by atoms with van der Waals surface area (Å²) >= 11 is 0. The second-order valence-corrected chi connectivity index (χ2v) is 10.5. The molecule has 1 amide bonds. The van der Waals surface area contributed by atoms with Crippen molar-refractivity contribution in [3.05, 3.63) is 125 Å². The zero-order valence-electron chi connectivity index (χ0n) is 23.7. The van der Waals surface area contributed by atoms with Gasteiger partial charge in [-0.05, 0) is 64.4 Å². The zero-order valence-corrected chi connectivity index (χ0v) is 23.7. The van der Waals surface area contributed by atoms with E-state index < -0.39 is 5.92 Å². The van der Waals surface area contributed by atoms with Crippen molar-refractivity contribution in [2.24, 2.45) is 0 Å². The Kier molecular flexibility index (Phi) is 8.40. The molecule has 0 aliphatic carbocycles. The molecule has 4 aromatic carbocycles. The standard InChI is InChI=1S/C35H37NO4/c1-24(2)25-15-17-29(18-16-25)40-23-31-30-22-33(39-4)32(38-3)21-28(30)19-20-36(31)35(37)34(26-11-7-5-8-12-26)27-13-9-6-10-14-27/h5-18,21-22,24,31,34H,19-20,23H2,1-4H3. The van der Waals surface area contributed by atoms with Gasteiger partial charge in [0.2, 0.25) is 5.91 Å². The van der Waals surface area contributed by atoms with Crippen molar-refractivity contribution in [2.45, 2.75) is 38.1 Å². The van der Waals surface area contributed by atoms with Crippen LogP contribution in [-0.2, 0) is 11.2 Å². The second-order valence-electron chi connectivity index (χ2n) is 10.5. The SMILES string of the molecule is COc1cc2c(cc1OC)C(COc1ccc(C(C)C)cc1)N(C(=O)C(c1ccccc1)c1ccccc1)CC2. The average Bonchev–Trinajstić information content (AvgIpc) is 3.00. The molecular weight excluding hydrogens is 498 g/mol. The molecule has 0 saturated carbocycles. The molecule has 40 heavy (non-hydrogen) atoms. The van der Waals surface area contributed by atoms with Crippen LogP contribution in [0.2, 0.25) is 0 Å². The maximum Gasteiger partial charge on any atom is 0.235 e. The smallest absolute Gasteiger partial charge is 0.235 e. The first kappa shape index (κ1) is 27.3. The predicted molar refractivity (Wildman–Crippen MR) is 158 cm³/mol. The molecule has 1 aliphatic heterocycles. The van der Waals surface area contributed by atoms with E-state index in [1.165, 1.54) is 5.56 Å². The molecule has 0 saturated heterocycles. The maximum absolute atomic E-state index is 14.5. The molecule has 0 spiro atoms. The van der Waals surface area contributed by atoms with Crippen molar-refractivity contribution in [3.63, 3.8) is 0 Å². The highest BCUT2D eigenvalue weighted by atomic mass is 16.5. The first-order valence-corrected chi connectivity index (χ1v) is 13.9. The topological polar surface area (TPSA) is 48.0 Å². The van der Waals surface area contributed by atoms with Gasteiger partial charge in [0, 0.05) is 6.54 Å². The van der Waals surface area contributed by atoms with Crippen molar-refractivity contribution < 1.29 is 19.0 Å². The number of methoxy groups -OCH3 is 2. The predicted octanol–water partition coefficient (Wildman–Crippen LogP) is 7.16. The number of rotatable bonds is 9. The van der Waals surface area contributed by atoms with E-state index in [0.717, 1.165) is 34.4 Å². The summed E-state index contributed by atoms with van der Waals surface area (Å²) in [5.74, 6) is 2.20. The molecule has 0 fully saturated rings. The third-order valence-electron chi connectivity index (χ3n) is 7.75. The van der Waals surface area contributed by atoms with Crippen LogP contribution in [0.5, 0.6) is 17.2 Å². The Bertz CT molecular complexity index is 1380. The van der Waals surface area contributed by atoms with Gasteiger partial charge in [-0.25, -0.2) is 0 Å². The molecule has 0 aromatic heterocycles. The molecule has 1 atom stereocenters. The van der Waals surface area contributed by atoms with Crippen LogP contribution in [0.15, 0.2) is 97.1 Å². The van der Waals surface area contributed by atoms with Gasteiger partial charge in [0.15, 0.2) is 11.5 Å². The third-order valence-corrected chi connectivity index (χ3v) is 7.75. The largest absolute Gasteiger partial charge is 0.493 e. The molecule has 1 aliphatic rings. The Morgan fingerprint density at radius 2 is 1.38 bits per heavy atom. The Hall–Kier alpha value is -4.25. The summed E-state index contributed by atoms with van der Waals surface area (Å²) in [6.45, 7) is 5.26. The van der Waals surface area contributed by atoms with Gasteiger partial charge < -0.3 is 19.1 Å². The highest BCUT2D eigenvalue weighted by molar-refractivity contribution is 5.88. The minimum Gasteiger partial charge on any atom is -0.493 e. The normalized spacial score (nSPS) is 14.7. The molecule has 5 heteroatoms. The van der Waals surface area contributed by atoms with Gasteiger partial charge in [-0.1, -0.05) is 86.6 Å². The fourth-order valence-corrected chi connectivity index (χ4v) is 5.53. The van der Waals surface area contributed by atoms with Gasteiger partial charge in [0.25, 0.3) is 0 Å². The van der Waals surface area contributed by atoms with E-state index in [0.29, 0.717) is 30.6 Å². The van der Waals surface area contributed by atoms with Gasteiger partial charge in [-0.2, -0.15) is 0 Å². The number of carbonyl (C=O) groups is 1. The fourth-order valence-electron chi connectivity index (χ4n) is 5.53. The number of fused-ring (bicyclic) bond motifs is 1. The molecule has 4 aromatic rings. The van der Waals surface area contributed by atoms with Crippen molar-refractivity contribution in [2.75, 3.05) is 27.4 Å². The van der Waals surface area contributed by atoms with Crippen molar-refractivity contribution in [1.29, 1.82) is 0 Å². The van der Waals surface area contributed by atoms with Crippen LogP contribution in [0.25, 0.3) is 0 Å². The van der Waals surface area contributed by atoms with E-state index in [2.05, 4.69) is 26.0 Å². The molecule has 206 valence electrons. The van der Waals surface area contributed by atoms with E-state index >= 15 is 0 Å². The van der Waals surface area contributed by atoms with E-state index in [9.17, 15) is 4.79 Å². The lowest BCUT2D eigenvalue weighted by Gasteiger charge is -2.39. The first-order chi connectivity index (χ1) is 19.5. The lowest BCUT2D eigenvalue weighted by Crippen LogP contribution is -2.45. The Morgan fingerprint density at radius 1 is 0.800 bits per heavy atom. The maximum atomic E-state index is 14.5. The minimum absolute atomic E-state index is 0.0570. The molecular formula is C35H37NO4. The number of hydrogen-bond donors (Lipinski definition) is 0. The highest BCUT2D eigenvalue weighted by Gasteiger charge is 2.37. The summed E-state index contributed by atoms with van der Waals surface area (Å²) in [5, 5.41) is 0. The number of amides is 1. The van der Waals surface area contributed by atoms with Crippen LogP contribution in [0, 0.1) is 0 Å². The summed E-state index contributed by atoms with van der Waals surface area (Å²) in [4.78, 5) is 16.5.